The third-order valence-electron chi connectivity index (χ3n) is 4.71. The van der Waals surface area contributed by atoms with Gasteiger partial charge in [0, 0.05) is 41.1 Å². The van der Waals surface area contributed by atoms with Crippen molar-refractivity contribution in [1.82, 2.24) is 4.90 Å². The molecule has 1 fully saturated rings. The fourth-order valence-corrected chi connectivity index (χ4v) is 4.54. The van der Waals surface area contributed by atoms with Crippen molar-refractivity contribution >= 4 is 22.7 Å². The van der Waals surface area contributed by atoms with Crippen LogP contribution in [-0.2, 0) is 0 Å². The van der Waals surface area contributed by atoms with Gasteiger partial charge >= 0.3 is 0 Å². The van der Waals surface area contributed by atoms with E-state index in [1.54, 1.807) is 0 Å². The summed E-state index contributed by atoms with van der Waals surface area (Å²) >= 11 is 2.06. The minimum Gasteiger partial charge on any atom is -0.461 e. The Kier molecular flexibility index (Phi) is 4.29. The van der Waals surface area contributed by atoms with E-state index in [0.717, 1.165) is 17.9 Å². The quantitative estimate of drug-likeness (QED) is 0.941. The lowest BCUT2D eigenvalue weighted by Crippen LogP contribution is -2.48. The van der Waals surface area contributed by atoms with Crippen molar-refractivity contribution in [2.24, 2.45) is 5.73 Å². The monoisotopic (exact) mass is 304 g/mol. The molecule has 3 unspecified atom stereocenters. The van der Waals surface area contributed by atoms with Crippen molar-refractivity contribution in [2.45, 2.75) is 38.1 Å². The molecule has 2 N–H and O–H groups in total. The van der Waals surface area contributed by atoms with Gasteiger partial charge in [-0.1, -0.05) is 25.1 Å². The maximum atomic E-state index is 6.17. The highest BCUT2D eigenvalue weighted by Crippen LogP contribution is 2.37. The summed E-state index contributed by atoms with van der Waals surface area (Å²) in [6.45, 7) is 8.42. The highest BCUT2D eigenvalue weighted by molar-refractivity contribution is 8.00. The molecule has 3 nitrogen and oxygen atoms in total. The molecule has 0 amide bonds. The van der Waals surface area contributed by atoms with Crippen LogP contribution >= 0.6 is 11.8 Å². The molecule has 0 spiro atoms. The van der Waals surface area contributed by atoms with E-state index < -0.39 is 0 Å². The molecule has 0 saturated carbocycles. The van der Waals surface area contributed by atoms with E-state index in [0.29, 0.717) is 17.8 Å². The summed E-state index contributed by atoms with van der Waals surface area (Å²) in [5, 5.41) is 1.86. The number of nitrogens with zero attached hydrogens (tertiary/aromatic N) is 1. The number of furan rings is 1. The molecule has 1 aliphatic rings. The fraction of sp³-hybridized carbons (Fsp3) is 0.529. The normalized spacial score (nSPS) is 25.3. The van der Waals surface area contributed by atoms with E-state index in [1.165, 1.54) is 16.7 Å². The molecule has 3 atom stereocenters. The lowest BCUT2D eigenvalue weighted by Gasteiger charge is -2.42. The Morgan fingerprint density at radius 1 is 1.38 bits per heavy atom. The van der Waals surface area contributed by atoms with E-state index in [-0.39, 0.29) is 6.04 Å². The molecule has 21 heavy (non-hydrogen) atoms. The molecule has 2 heterocycles. The second kappa shape index (κ2) is 6.03. The molecule has 0 aliphatic carbocycles. The third-order valence-corrected chi connectivity index (χ3v) is 6.05. The van der Waals surface area contributed by atoms with Gasteiger partial charge < -0.3 is 10.2 Å². The summed E-state index contributed by atoms with van der Waals surface area (Å²) in [7, 11) is 0. The van der Waals surface area contributed by atoms with Crippen molar-refractivity contribution in [1.29, 1.82) is 0 Å². The van der Waals surface area contributed by atoms with Gasteiger partial charge in [-0.15, -0.1) is 0 Å². The first-order valence-electron chi connectivity index (χ1n) is 7.69. The zero-order chi connectivity index (χ0) is 15.0. The Balaban J connectivity index is 2.04. The van der Waals surface area contributed by atoms with Crippen molar-refractivity contribution < 1.29 is 4.42 Å². The molecule has 0 bridgehead atoms. The summed E-state index contributed by atoms with van der Waals surface area (Å²) in [6, 6.07) is 9.06. The van der Waals surface area contributed by atoms with Crippen LogP contribution in [0.5, 0.6) is 0 Å². The van der Waals surface area contributed by atoms with Gasteiger partial charge in [0.1, 0.15) is 11.3 Å². The molecular weight excluding hydrogens is 280 g/mol. The van der Waals surface area contributed by atoms with Crippen molar-refractivity contribution in [3.05, 3.63) is 35.6 Å². The summed E-state index contributed by atoms with van der Waals surface area (Å²) in [6.07, 6.45) is 0. The number of para-hydroxylation sites is 1. The molecule has 1 saturated heterocycles. The number of nitrogens with two attached hydrogens (primary N) is 1. The van der Waals surface area contributed by atoms with Crippen molar-refractivity contribution in [3.63, 3.8) is 0 Å². The van der Waals surface area contributed by atoms with E-state index >= 15 is 0 Å². The smallest absolute Gasteiger partial charge is 0.134 e. The summed E-state index contributed by atoms with van der Waals surface area (Å²) in [5.74, 6) is 2.18. The zero-order valence-corrected chi connectivity index (χ0v) is 13.8. The van der Waals surface area contributed by atoms with Crippen molar-refractivity contribution in [3.8, 4) is 0 Å². The van der Waals surface area contributed by atoms with Crippen LogP contribution in [-0.4, -0.2) is 35.0 Å². The molecule has 3 rings (SSSR count). The highest BCUT2D eigenvalue weighted by Gasteiger charge is 2.33. The lowest BCUT2D eigenvalue weighted by atomic mass is 9.99. The van der Waals surface area contributed by atoms with E-state index in [1.807, 2.05) is 12.1 Å². The van der Waals surface area contributed by atoms with Gasteiger partial charge in [-0.05, 0) is 19.9 Å². The van der Waals surface area contributed by atoms with Gasteiger partial charge in [-0.25, -0.2) is 0 Å². The molecule has 2 aromatic rings. The Hall–Kier alpha value is -0.970. The van der Waals surface area contributed by atoms with Gasteiger partial charge in [0.15, 0.2) is 0 Å². The van der Waals surface area contributed by atoms with E-state index in [9.17, 15) is 0 Å². The fourth-order valence-electron chi connectivity index (χ4n) is 3.42. The van der Waals surface area contributed by atoms with Crippen LogP contribution in [0.1, 0.15) is 31.2 Å². The summed E-state index contributed by atoms with van der Waals surface area (Å²) in [5.41, 5.74) is 8.42. The second-order valence-electron chi connectivity index (χ2n) is 5.87. The van der Waals surface area contributed by atoms with Crippen LogP contribution in [0.15, 0.2) is 28.7 Å². The average Bonchev–Trinajstić information content (AvgIpc) is 2.81. The first kappa shape index (κ1) is 14.9. The molecule has 1 aromatic carbocycles. The van der Waals surface area contributed by atoms with Crippen molar-refractivity contribution in [2.75, 3.05) is 18.8 Å². The number of fused-ring (bicyclic) bond motifs is 1. The highest BCUT2D eigenvalue weighted by atomic mass is 32.2. The number of thioether (sulfide) groups is 1. The Bertz CT molecular complexity index is 624. The molecule has 0 radical (unpaired) electrons. The summed E-state index contributed by atoms with van der Waals surface area (Å²) in [4.78, 5) is 2.56. The lowest BCUT2D eigenvalue weighted by molar-refractivity contribution is 0.150. The summed E-state index contributed by atoms with van der Waals surface area (Å²) < 4.78 is 5.95. The number of hydrogen-bond acceptors (Lipinski definition) is 4. The Labute approximate surface area is 130 Å². The first-order chi connectivity index (χ1) is 10.1. The number of rotatable bonds is 3. The average molecular weight is 304 g/mol. The topological polar surface area (TPSA) is 42.4 Å². The Morgan fingerprint density at radius 3 is 2.90 bits per heavy atom. The standard InChI is InChI=1S/C17H24N2OS/c1-11-13(3)21-9-8-19(11)15(10-18)17-12(2)20-16-7-5-4-6-14(16)17/h4-7,11,13,15H,8-10,18H2,1-3H3. The number of benzene rings is 1. The van der Waals surface area contributed by atoms with E-state index in [2.05, 4.69) is 49.6 Å². The molecule has 114 valence electrons. The van der Waals surface area contributed by atoms with Gasteiger partial charge in [0.25, 0.3) is 0 Å². The van der Waals surface area contributed by atoms with Crippen LogP contribution in [0.4, 0.5) is 0 Å². The maximum Gasteiger partial charge on any atom is 0.134 e. The van der Waals surface area contributed by atoms with Gasteiger partial charge in [0.2, 0.25) is 0 Å². The zero-order valence-electron chi connectivity index (χ0n) is 13.0. The Morgan fingerprint density at radius 2 is 2.14 bits per heavy atom. The molecule has 1 aliphatic heterocycles. The molecule has 4 heteroatoms. The minimum absolute atomic E-state index is 0.243. The van der Waals surface area contributed by atoms with E-state index in [4.69, 9.17) is 10.2 Å². The first-order valence-corrected chi connectivity index (χ1v) is 8.73. The van der Waals surface area contributed by atoms with Crippen LogP contribution in [0.25, 0.3) is 11.0 Å². The van der Waals surface area contributed by atoms with Crippen LogP contribution in [0, 0.1) is 6.92 Å². The van der Waals surface area contributed by atoms with Crippen LogP contribution in [0.3, 0.4) is 0 Å². The SMILES string of the molecule is Cc1oc2ccccc2c1C(CN)N1CCSC(C)C1C. The predicted molar refractivity (Wildman–Crippen MR) is 90.8 cm³/mol. The largest absolute Gasteiger partial charge is 0.461 e. The number of aryl methyl sites for hydroxylation is 1. The molecular formula is C17H24N2OS. The number of hydrogen-bond donors (Lipinski definition) is 1. The maximum absolute atomic E-state index is 6.17. The van der Waals surface area contributed by atoms with Crippen LogP contribution < -0.4 is 5.73 Å². The third kappa shape index (κ3) is 2.60. The van der Waals surface area contributed by atoms with Gasteiger partial charge in [-0.2, -0.15) is 11.8 Å². The molecule has 1 aromatic heterocycles. The predicted octanol–water partition coefficient (Wildman–Crippen LogP) is 3.57. The van der Waals surface area contributed by atoms with Gasteiger partial charge in [0.05, 0.1) is 6.04 Å². The second-order valence-corrected chi connectivity index (χ2v) is 7.36. The van der Waals surface area contributed by atoms with Gasteiger partial charge in [-0.3, -0.25) is 4.90 Å². The van der Waals surface area contributed by atoms with Crippen LogP contribution in [0.2, 0.25) is 0 Å². The minimum atomic E-state index is 0.243.